The molecule has 0 saturated heterocycles. The van der Waals surface area contributed by atoms with Crippen LogP contribution >= 0.6 is 0 Å². The van der Waals surface area contributed by atoms with Crippen molar-refractivity contribution in [2.45, 2.75) is 0 Å². The van der Waals surface area contributed by atoms with Gasteiger partial charge in [0, 0.05) is 56.9 Å². The highest BCUT2D eigenvalue weighted by Gasteiger charge is 2.12. The number of halogens is 2. The normalized spacial score (nSPS) is 10.7. The molecule has 9 nitrogen and oxygen atoms in total. The number of fused-ring (bicyclic) bond motifs is 2. The van der Waals surface area contributed by atoms with Crippen LogP contribution in [0.3, 0.4) is 0 Å². The van der Waals surface area contributed by atoms with Gasteiger partial charge in [0.2, 0.25) is 11.9 Å². The van der Waals surface area contributed by atoms with Crippen molar-refractivity contribution in [1.29, 1.82) is 0 Å². The van der Waals surface area contributed by atoms with Gasteiger partial charge in [-0.25, -0.2) is 18.7 Å². The van der Waals surface area contributed by atoms with Gasteiger partial charge in [0.05, 0.1) is 11.0 Å². The maximum Gasteiger partial charge on any atom is 0.236 e. The van der Waals surface area contributed by atoms with Gasteiger partial charge in [-0.3, -0.25) is 9.36 Å². The Labute approximate surface area is 205 Å². The second kappa shape index (κ2) is 9.90. The largest absolute Gasteiger partial charge is 0.368 e. The van der Waals surface area contributed by atoms with Gasteiger partial charge in [0.1, 0.15) is 23.3 Å². The van der Waals surface area contributed by atoms with Gasteiger partial charge in [-0.1, -0.05) is 0 Å². The number of benzene rings is 2. The van der Waals surface area contributed by atoms with E-state index >= 15 is 0 Å². The lowest BCUT2D eigenvalue weighted by atomic mass is 10.2. The summed E-state index contributed by atoms with van der Waals surface area (Å²) >= 11 is 0. The number of nitrogen functional groups attached to an aromatic ring is 1. The molecule has 0 saturated carbocycles. The SMILES string of the molecule is CN(C)c1nc(-n2ccc(C=O)c2)nc2ccc(F)cc12.CN(C)c1nc(N)nc2ccc(F)cc12. The molecular formula is C25H24F2N8O. The third-order valence-electron chi connectivity index (χ3n) is 5.21. The van der Waals surface area contributed by atoms with Crippen molar-refractivity contribution in [3.8, 4) is 5.95 Å². The molecule has 184 valence electrons. The van der Waals surface area contributed by atoms with Gasteiger partial charge in [-0.2, -0.15) is 9.97 Å². The zero-order chi connectivity index (χ0) is 26.0. The van der Waals surface area contributed by atoms with E-state index < -0.39 is 0 Å². The van der Waals surface area contributed by atoms with Gasteiger partial charge in [-0.05, 0) is 42.5 Å². The van der Waals surface area contributed by atoms with Crippen molar-refractivity contribution in [3.63, 3.8) is 0 Å². The van der Waals surface area contributed by atoms with E-state index in [1.54, 1.807) is 45.0 Å². The van der Waals surface area contributed by atoms with Crippen molar-refractivity contribution < 1.29 is 13.6 Å². The lowest BCUT2D eigenvalue weighted by molar-refractivity contribution is 0.112. The third kappa shape index (κ3) is 5.04. The summed E-state index contributed by atoms with van der Waals surface area (Å²) in [6.45, 7) is 0. The van der Waals surface area contributed by atoms with Crippen LogP contribution in [-0.2, 0) is 0 Å². The number of rotatable bonds is 4. The summed E-state index contributed by atoms with van der Waals surface area (Å²) in [7, 11) is 7.32. The monoisotopic (exact) mass is 490 g/mol. The predicted molar refractivity (Wildman–Crippen MR) is 137 cm³/mol. The fourth-order valence-corrected chi connectivity index (χ4v) is 3.58. The van der Waals surface area contributed by atoms with E-state index in [0.717, 1.165) is 6.29 Å². The average Bonchev–Trinajstić information content (AvgIpc) is 3.33. The van der Waals surface area contributed by atoms with E-state index in [2.05, 4.69) is 19.9 Å². The van der Waals surface area contributed by atoms with Gasteiger partial charge in [-0.15, -0.1) is 0 Å². The molecule has 0 bridgehead atoms. The van der Waals surface area contributed by atoms with E-state index in [1.165, 1.54) is 24.3 Å². The summed E-state index contributed by atoms with van der Waals surface area (Å²) in [6.07, 6.45) is 4.13. The second-order valence-electron chi connectivity index (χ2n) is 8.33. The molecular weight excluding hydrogens is 466 g/mol. The molecule has 3 aromatic heterocycles. The van der Waals surface area contributed by atoms with E-state index in [9.17, 15) is 13.6 Å². The van der Waals surface area contributed by atoms with Crippen LogP contribution in [0.4, 0.5) is 26.4 Å². The van der Waals surface area contributed by atoms with Crippen LogP contribution in [0, 0.1) is 11.6 Å². The maximum absolute atomic E-state index is 13.4. The van der Waals surface area contributed by atoms with E-state index in [1.807, 2.05) is 28.2 Å². The number of hydrogen-bond donors (Lipinski definition) is 1. The highest BCUT2D eigenvalue weighted by atomic mass is 19.1. The minimum absolute atomic E-state index is 0.192. The topological polar surface area (TPSA) is 106 Å². The molecule has 5 rings (SSSR count). The van der Waals surface area contributed by atoms with Crippen LogP contribution in [0.25, 0.3) is 27.8 Å². The number of carbonyl (C=O) groups excluding carboxylic acids is 1. The Morgan fingerprint density at radius 2 is 1.36 bits per heavy atom. The first-order valence-electron chi connectivity index (χ1n) is 10.8. The zero-order valence-electron chi connectivity index (χ0n) is 20.1. The second-order valence-corrected chi connectivity index (χ2v) is 8.33. The summed E-state index contributed by atoms with van der Waals surface area (Å²) in [5, 5.41) is 1.31. The smallest absolute Gasteiger partial charge is 0.236 e. The lowest BCUT2D eigenvalue weighted by Gasteiger charge is -2.15. The molecule has 2 aromatic carbocycles. The van der Waals surface area contributed by atoms with Crippen molar-refractivity contribution in [1.82, 2.24) is 24.5 Å². The molecule has 5 aromatic rings. The van der Waals surface area contributed by atoms with Gasteiger partial charge >= 0.3 is 0 Å². The third-order valence-corrected chi connectivity index (χ3v) is 5.21. The Morgan fingerprint density at radius 1 is 0.806 bits per heavy atom. The van der Waals surface area contributed by atoms with Crippen molar-refractivity contribution >= 4 is 45.7 Å². The molecule has 0 aliphatic heterocycles. The number of nitrogens with zero attached hydrogens (tertiary/aromatic N) is 7. The van der Waals surface area contributed by atoms with E-state index in [4.69, 9.17) is 5.73 Å². The Hall–Kier alpha value is -4.67. The Morgan fingerprint density at radius 3 is 1.89 bits per heavy atom. The first-order chi connectivity index (χ1) is 17.2. The number of hydrogen-bond acceptors (Lipinski definition) is 8. The van der Waals surface area contributed by atoms with E-state index in [-0.39, 0.29) is 17.6 Å². The molecule has 0 atom stereocenters. The Bertz CT molecular complexity index is 1570. The van der Waals surface area contributed by atoms with Crippen molar-refractivity contribution in [3.05, 3.63) is 72.1 Å². The predicted octanol–water partition coefficient (Wildman–Crippen LogP) is 3.86. The molecule has 0 amide bonds. The summed E-state index contributed by atoms with van der Waals surface area (Å²) in [5.74, 6) is 1.24. The summed E-state index contributed by atoms with van der Waals surface area (Å²) in [4.78, 5) is 31.3. The standard InChI is InChI=1S/C15H13FN4O.C10H11FN4/c1-19(2)14-12-7-11(16)3-4-13(12)17-15(18-14)20-6-5-10(8-20)9-21;1-15(2)9-7-5-6(11)3-4-8(7)13-10(12)14-9/h3-9H,1-2H3;3-5H,1-2H3,(H2,12,13,14). The molecule has 2 N–H and O–H groups in total. The molecule has 0 aliphatic rings. The molecule has 11 heteroatoms. The maximum atomic E-state index is 13.4. The fourth-order valence-electron chi connectivity index (χ4n) is 3.58. The summed E-state index contributed by atoms with van der Waals surface area (Å²) in [5.41, 5.74) is 7.39. The molecule has 0 radical (unpaired) electrons. The quantitative estimate of drug-likeness (QED) is 0.379. The number of carbonyl (C=O) groups is 1. The minimum atomic E-state index is -0.328. The summed E-state index contributed by atoms with van der Waals surface area (Å²) in [6, 6.07) is 10.4. The molecule has 36 heavy (non-hydrogen) atoms. The number of aromatic nitrogens is 5. The van der Waals surface area contributed by atoms with Crippen molar-refractivity contribution in [2.24, 2.45) is 0 Å². The molecule has 0 fully saturated rings. The fraction of sp³-hybridized carbons (Fsp3) is 0.160. The van der Waals surface area contributed by atoms with Crippen LogP contribution in [0.2, 0.25) is 0 Å². The molecule has 0 spiro atoms. The molecule has 3 heterocycles. The molecule has 0 unspecified atom stereocenters. The minimum Gasteiger partial charge on any atom is -0.368 e. The van der Waals surface area contributed by atoms with Gasteiger partial charge in [0.15, 0.2) is 6.29 Å². The Balaban J connectivity index is 0.000000179. The van der Waals surface area contributed by atoms with Crippen LogP contribution in [0.5, 0.6) is 0 Å². The van der Waals surface area contributed by atoms with Gasteiger partial charge < -0.3 is 15.5 Å². The lowest BCUT2D eigenvalue weighted by Crippen LogP contribution is -2.13. The van der Waals surface area contributed by atoms with Crippen molar-refractivity contribution in [2.75, 3.05) is 43.7 Å². The number of nitrogens with two attached hydrogens (primary N) is 1. The number of anilines is 3. The van der Waals surface area contributed by atoms with Crippen LogP contribution in [0.15, 0.2) is 54.9 Å². The van der Waals surface area contributed by atoms with Crippen LogP contribution in [-0.4, -0.2) is 59.0 Å². The average molecular weight is 491 g/mol. The number of aldehydes is 1. The van der Waals surface area contributed by atoms with E-state index in [0.29, 0.717) is 45.0 Å². The zero-order valence-corrected chi connectivity index (χ0v) is 20.1. The van der Waals surface area contributed by atoms with Crippen LogP contribution < -0.4 is 15.5 Å². The molecule has 0 aliphatic carbocycles. The summed E-state index contributed by atoms with van der Waals surface area (Å²) < 4.78 is 28.2. The Kier molecular flexibility index (Phi) is 6.73. The van der Waals surface area contributed by atoms with Gasteiger partial charge in [0.25, 0.3) is 0 Å². The first-order valence-corrected chi connectivity index (χ1v) is 10.8. The first kappa shape index (κ1) is 24.5. The van der Waals surface area contributed by atoms with Crippen LogP contribution in [0.1, 0.15) is 10.4 Å². The highest BCUT2D eigenvalue weighted by molar-refractivity contribution is 5.91. The highest BCUT2D eigenvalue weighted by Crippen LogP contribution is 2.25.